The van der Waals surface area contributed by atoms with Gasteiger partial charge in [0.2, 0.25) is 5.91 Å². The molecule has 0 bridgehead atoms. The zero-order chi connectivity index (χ0) is 25.1. The number of hydrogen-bond donors (Lipinski definition) is 1. The number of fused-ring (bicyclic) bond motifs is 1. The number of para-hydroxylation sites is 1. The average Bonchev–Trinajstić information content (AvgIpc) is 3.28. The van der Waals surface area contributed by atoms with Gasteiger partial charge in [0.05, 0.1) is 25.3 Å². The number of carbonyl (C=O) groups is 1. The summed E-state index contributed by atoms with van der Waals surface area (Å²) in [6, 6.07) is 15.9. The lowest BCUT2D eigenvalue weighted by molar-refractivity contribution is -0.119. The second kappa shape index (κ2) is 10.0. The molecule has 1 atom stereocenters. The second-order valence-electron chi connectivity index (χ2n) is 8.00. The fraction of sp³-hybridized carbons (Fsp3) is 0.222. The molecular formula is C27H25N3O4S. The number of pyridine rings is 1. The van der Waals surface area contributed by atoms with Crippen molar-refractivity contribution in [2.45, 2.75) is 26.3 Å². The fourth-order valence-electron chi connectivity index (χ4n) is 4.23. The molecular weight excluding hydrogens is 462 g/mol. The van der Waals surface area contributed by atoms with Crippen LogP contribution in [0.2, 0.25) is 0 Å². The highest BCUT2D eigenvalue weighted by Gasteiger charge is 2.26. The maximum Gasteiger partial charge on any atom is 0.252 e. The van der Waals surface area contributed by atoms with Crippen molar-refractivity contribution in [2.75, 3.05) is 19.5 Å². The van der Waals surface area contributed by atoms with E-state index in [2.05, 4.69) is 11.4 Å². The van der Waals surface area contributed by atoms with Crippen molar-refractivity contribution >= 4 is 33.1 Å². The zero-order valence-electron chi connectivity index (χ0n) is 19.9. The van der Waals surface area contributed by atoms with E-state index in [1.807, 2.05) is 55.6 Å². The molecule has 0 fully saturated rings. The van der Waals surface area contributed by atoms with E-state index in [0.717, 1.165) is 22.1 Å². The number of nitrogens with one attached hydrogen (secondary N) is 1. The van der Waals surface area contributed by atoms with Crippen LogP contribution in [0.1, 0.15) is 30.5 Å². The van der Waals surface area contributed by atoms with Crippen LogP contribution in [0.3, 0.4) is 0 Å². The van der Waals surface area contributed by atoms with Crippen LogP contribution >= 0.6 is 11.3 Å². The minimum absolute atomic E-state index is 0.285. The quantitative estimate of drug-likeness (QED) is 0.371. The van der Waals surface area contributed by atoms with Crippen molar-refractivity contribution in [1.29, 1.82) is 5.26 Å². The molecule has 0 aliphatic carbocycles. The number of anilines is 1. The molecule has 0 aliphatic heterocycles. The van der Waals surface area contributed by atoms with E-state index in [1.54, 1.807) is 20.3 Å². The molecule has 0 saturated heterocycles. The van der Waals surface area contributed by atoms with Crippen molar-refractivity contribution < 1.29 is 14.3 Å². The van der Waals surface area contributed by atoms with Crippen LogP contribution in [0.15, 0.2) is 58.7 Å². The van der Waals surface area contributed by atoms with Gasteiger partial charge in [-0.25, -0.2) is 0 Å². The third kappa shape index (κ3) is 4.38. The SMILES string of the molecule is CCC(C(=O)Nc1scc(-c2ccc(OC)cc2)c1C#N)n1c(=O)cc(C)c2cccc(OC)c21. The van der Waals surface area contributed by atoms with Gasteiger partial charge < -0.3 is 14.8 Å². The van der Waals surface area contributed by atoms with E-state index in [4.69, 9.17) is 9.47 Å². The van der Waals surface area contributed by atoms with Crippen LogP contribution in [0, 0.1) is 18.3 Å². The van der Waals surface area contributed by atoms with Gasteiger partial charge in [-0.05, 0) is 42.7 Å². The second-order valence-corrected chi connectivity index (χ2v) is 8.88. The van der Waals surface area contributed by atoms with Gasteiger partial charge >= 0.3 is 0 Å². The molecule has 2 aromatic heterocycles. The number of thiophene rings is 1. The molecule has 35 heavy (non-hydrogen) atoms. The molecule has 0 saturated carbocycles. The number of nitriles is 1. The normalized spacial score (nSPS) is 11.6. The molecule has 7 nitrogen and oxygen atoms in total. The van der Waals surface area contributed by atoms with Gasteiger partial charge in [0, 0.05) is 22.4 Å². The van der Waals surface area contributed by atoms with Crippen LogP contribution in [-0.4, -0.2) is 24.7 Å². The van der Waals surface area contributed by atoms with Crippen molar-refractivity contribution in [3.05, 3.63) is 75.4 Å². The van der Waals surface area contributed by atoms with Gasteiger partial charge in [-0.1, -0.05) is 31.2 Å². The van der Waals surface area contributed by atoms with Gasteiger partial charge in [0.1, 0.15) is 28.6 Å². The molecule has 4 rings (SSSR count). The highest BCUT2D eigenvalue weighted by Crippen LogP contribution is 2.36. The maximum atomic E-state index is 13.5. The monoisotopic (exact) mass is 487 g/mol. The molecule has 4 aromatic rings. The van der Waals surface area contributed by atoms with Crippen molar-refractivity contribution in [2.24, 2.45) is 0 Å². The average molecular weight is 488 g/mol. The largest absolute Gasteiger partial charge is 0.497 e. The summed E-state index contributed by atoms with van der Waals surface area (Å²) in [5.74, 6) is 0.864. The number of aromatic nitrogens is 1. The van der Waals surface area contributed by atoms with Crippen LogP contribution in [0.5, 0.6) is 11.5 Å². The topological polar surface area (TPSA) is 93.4 Å². The Bertz CT molecular complexity index is 1500. The standard InChI is InChI=1S/C27H25N3O4S/c1-5-22(30-24(31)13-16(2)19-7-6-8-23(34-4)25(19)30)26(32)29-27-20(14-28)21(15-35-27)17-9-11-18(33-3)12-10-17/h6-13,15,22H,5H2,1-4H3,(H,29,32). The minimum Gasteiger partial charge on any atom is -0.497 e. The molecule has 1 unspecified atom stereocenters. The van der Waals surface area contributed by atoms with Crippen molar-refractivity contribution in [3.8, 4) is 28.7 Å². The first-order valence-corrected chi connectivity index (χ1v) is 12.0. The summed E-state index contributed by atoms with van der Waals surface area (Å²) in [5.41, 5.74) is 3.05. The number of benzene rings is 2. The Labute approximate surface area is 207 Å². The predicted octanol–water partition coefficient (Wildman–Crippen LogP) is 5.52. The summed E-state index contributed by atoms with van der Waals surface area (Å²) in [6.45, 7) is 3.71. The highest BCUT2D eigenvalue weighted by molar-refractivity contribution is 7.15. The van der Waals surface area contributed by atoms with E-state index in [1.165, 1.54) is 22.0 Å². The third-order valence-corrected chi connectivity index (χ3v) is 6.90. The molecule has 178 valence electrons. The van der Waals surface area contributed by atoms with E-state index < -0.39 is 6.04 Å². The number of nitrogens with zero attached hydrogens (tertiary/aromatic N) is 2. The highest BCUT2D eigenvalue weighted by atomic mass is 32.1. The molecule has 0 aliphatic rings. The van der Waals surface area contributed by atoms with E-state index in [0.29, 0.717) is 34.0 Å². The third-order valence-electron chi connectivity index (χ3n) is 6.00. The minimum atomic E-state index is -0.792. The Balaban J connectivity index is 1.74. The van der Waals surface area contributed by atoms with E-state index in [9.17, 15) is 14.9 Å². The predicted molar refractivity (Wildman–Crippen MR) is 138 cm³/mol. The Kier molecular flexibility index (Phi) is 6.90. The lowest BCUT2D eigenvalue weighted by atomic mass is 10.0. The summed E-state index contributed by atoms with van der Waals surface area (Å²) >= 11 is 1.28. The van der Waals surface area contributed by atoms with Gasteiger partial charge in [-0.3, -0.25) is 14.2 Å². The Morgan fingerprint density at radius 1 is 1.17 bits per heavy atom. The number of aryl methyl sites for hydroxylation is 1. The lowest BCUT2D eigenvalue weighted by Crippen LogP contribution is -2.33. The van der Waals surface area contributed by atoms with Crippen molar-refractivity contribution in [1.82, 2.24) is 4.57 Å². The summed E-state index contributed by atoms with van der Waals surface area (Å²) in [7, 11) is 3.13. The van der Waals surface area contributed by atoms with Crippen LogP contribution in [-0.2, 0) is 4.79 Å². The molecule has 0 spiro atoms. The van der Waals surface area contributed by atoms with Gasteiger partial charge in [0.25, 0.3) is 5.56 Å². The number of ether oxygens (including phenoxy) is 2. The number of methoxy groups -OCH3 is 2. The summed E-state index contributed by atoms with van der Waals surface area (Å²) in [5, 5.41) is 15.9. The number of carbonyl (C=O) groups excluding carboxylic acids is 1. The number of hydrogen-bond acceptors (Lipinski definition) is 6. The van der Waals surface area contributed by atoms with Crippen molar-refractivity contribution in [3.63, 3.8) is 0 Å². The van der Waals surface area contributed by atoms with Gasteiger partial charge in [-0.2, -0.15) is 5.26 Å². The number of rotatable bonds is 7. The summed E-state index contributed by atoms with van der Waals surface area (Å²) in [6.07, 6.45) is 0.376. The lowest BCUT2D eigenvalue weighted by Gasteiger charge is -2.22. The summed E-state index contributed by atoms with van der Waals surface area (Å²) in [4.78, 5) is 26.6. The number of amides is 1. The van der Waals surface area contributed by atoms with Gasteiger partial charge in [0.15, 0.2) is 0 Å². The van der Waals surface area contributed by atoms with Crippen LogP contribution in [0.25, 0.3) is 22.0 Å². The first-order valence-electron chi connectivity index (χ1n) is 11.1. The fourth-order valence-corrected chi connectivity index (χ4v) is 5.15. The first kappa shape index (κ1) is 24.0. The molecule has 8 heteroatoms. The molecule has 2 heterocycles. The molecule has 1 amide bonds. The first-order chi connectivity index (χ1) is 16.9. The van der Waals surface area contributed by atoms with E-state index in [-0.39, 0.29) is 11.5 Å². The molecule has 1 N–H and O–H groups in total. The van der Waals surface area contributed by atoms with E-state index >= 15 is 0 Å². The Morgan fingerprint density at radius 2 is 1.91 bits per heavy atom. The molecule has 2 aromatic carbocycles. The summed E-state index contributed by atoms with van der Waals surface area (Å²) < 4.78 is 12.2. The van der Waals surface area contributed by atoms with Gasteiger partial charge in [-0.15, -0.1) is 11.3 Å². The Hall–Kier alpha value is -4.09. The maximum absolute atomic E-state index is 13.5. The van der Waals surface area contributed by atoms with Crippen LogP contribution < -0.4 is 20.3 Å². The zero-order valence-corrected chi connectivity index (χ0v) is 20.7. The molecule has 0 radical (unpaired) electrons. The Morgan fingerprint density at radius 3 is 2.54 bits per heavy atom. The van der Waals surface area contributed by atoms with Crippen LogP contribution in [0.4, 0.5) is 5.00 Å². The smallest absolute Gasteiger partial charge is 0.252 e.